The summed E-state index contributed by atoms with van der Waals surface area (Å²) in [6, 6.07) is 11.1. The van der Waals surface area contributed by atoms with E-state index in [1.165, 1.54) is 6.33 Å². The summed E-state index contributed by atoms with van der Waals surface area (Å²) in [5.74, 6) is 0.771. The Hall–Kier alpha value is -2.85. The van der Waals surface area contributed by atoms with Crippen LogP contribution < -0.4 is 10.2 Å². The van der Waals surface area contributed by atoms with Gasteiger partial charge >= 0.3 is 0 Å². The molecule has 0 saturated carbocycles. The highest BCUT2D eigenvalue weighted by molar-refractivity contribution is 6.33. The van der Waals surface area contributed by atoms with Crippen molar-refractivity contribution in [1.29, 1.82) is 5.26 Å². The van der Waals surface area contributed by atoms with Gasteiger partial charge in [0.1, 0.15) is 11.8 Å². The number of anilines is 2. The number of hydrogen-bond acceptors (Lipinski definition) is 6. The van der Waals surface area contributed by atoms with Crippen LogP contribution in [0.15, 0.2) is 30.6 Å². The van der Waals surface area contributed by atoms with Gasteiger partial charge < -0.3 is 10.2 Å². The highest BCUT2D eigenvalue weighted by Crippen LogP contribution is 2.35. The fraction of sp³-hybridized carbons (Fsp3) is 0.429. The molecule has 0 unspecified atom stereocenters. The predicted molar refractivity (Wildman–Crippen MR) is 115 cm³/mol. The predicted octanol–water partition coefficient (Wildman–Crippen LogP) is 4.16. The van der Waals surface area contributed by atoms with Crippen LogP contribution in [0, 0.1) is 11.3 Å². The van der Waals surface area contributed by atoms with Crippen molar-refractivity contribution in [2.75, 3.05) is 23.3 Å². The van der Waals surface area contributed by atoms with Gasteiger partial charge in [-0.25, -0.2) is 15.0 Å². The molecule has 2 aromatic heterocycles. The molecular formula is C21H24ClN7. The zero-order chi connectivity index (χ0) is 20.8. The zero-order valence-electron chi connectivity index (χ0n) is 17.0. The third kappa shape index (κ3) is 3.49. The second kappa shape index (κ2) is 7.20. The summed E-state index contributed by atoms with van der Waals surface area (Å²) >= 11 is 6.24. The minimum Gasteiger partial charge on any atom is -0.367 e. The Bertz CT molecular complexity index is 1070. The van der Waals surface area contributed by atoms with Crippen molar-refractivity contribution in [3.8, 4) is 6.07 Å². The first-order valence-corrected chi connectivity index (χ1v) is 10.1. The number of hydrogen-bond donors (Lipinski definition) is 1. The molecule has 3 heterocycles. The summed E-state index contributed by atoms with van der Waals surface area (Å²) < 4.78 is 2.13. The van der Waals surface area contributed by atoms with Gasteiger partial charge in [0.2, 0.25) is 5.95 Å². The quantitative estimate of drug-likeness (QED) is 0.637. The van der Waals surface area contributed by atoms with Gasteiger partial charge in [0.05, 0.1) is 17.5 Å². The number of nitriles is 1. The third-order valence-electron chi connectivity index (χ3n) is 5.31. The molecular weight excluding hydrogens is 386 g/mol. The SMILES string of the molecule is CC(C)Nc1nc2c(Cl)ncnc2n1C1CN(c2ccc(C(C)(C)C#N)cc2)C1. The van der Waals surface area contributed by atoms with Gasteiger partial charge in [0.25, 0.3) is 0 Å². The average Bonchev–Trinajstić information content (AvgIpc) is 3.00. The molecule has 0 spiro atoms. The van der Waals surface area contributed by atoms with Crippen LogP contribution in [0.25, 0.3) is 11.2 Å². The molecule has 0 radical (unpaired) electrons. The molecule has 1 saturated heterocycles. The van der Waals surface area contributed by atoms with E-state index in [9.17, 15) is 5.26 Å². The smallest absolute Gasteiger partial charge is 0.205 e. The number of nitrogens with zero attached hydrogens (tertiary/aromatic N) is 6. The van der Waals surface area contributed by atoms with Crippen molar-refractivity contribution in [3.63, 3.8) is 0 Å². The van der Waals surface area contributed by atoms with E-state index in [0.717, 1.165) is 35.9 Å². The van der Waals surface area contributed by atoms with Crippen molar-refractivity contribution in [3.05, 3.63) is 41.3 Å². The first-order valence-electron chi connectivity index (χ1n) is 9.72. The van der Waals surface area contributed by atoms with Crippen LogP contribution in [0.4, 0.5) is 11.6 Å². The molecule has 150 valence electrons. The van der Waals surface area contributed by atoms with E-state index in [1.807, 2.05) is 26.0 Å². The second-order valence-corrected chi connectivity index (χ2v) is 8.64. The molecule has 0 amide bonds. The third-order valence-corrected chi connectivity index (χ3v) is 5.59. The van der Waals surface area contributed by atoms with Crippen molar-refractivity contribution in [1.82, 2.24) is 19.5 Å². The number of imidazole rings is 1. The molecule has 4 rings (SSSR count). The van der Waals surface area contributed by atoms with Gasteiger partial charge in [0.15, 0.2) is 10.8 Å². The van der Waals surface area contributed by atoms with Crippen molar-refractivity contribution < 1.29 is 0 Å². The van der Waals surface area contributed by atoms with Crippen LogP contribution in [0.5, 0.6) is 0 Å². The molecule has 7 nitrogen and oxygen atoms in total. The molecule has 0 bridgehead atoms. The summed E-state index contributed by atoms with van der Waals surface area (Å²) in [4.78, 5) is 15.4. The second-order valence-electron chi connectivity index (χ2n) is 8.28. The molecule has 29 heavy (non-hydrogen) atoms. The zero-order valence-corrected chi connectivity index (χ0v) is 17.8. The molecule has 1 aliphatic rings. The van der Waals surface area contributed by atoms with Gasteiger partial charge in [-0.2, -0.15) is 5.26 Å². The Balaban J connectivity index is 1.58. The molecule has 1 fully saturated rings. The normalized spacial score (nSPS) is 14.9. The van der Waals surface area contributed by atoms with Gasteiger partial charge in [0, 0.05) is 24.8 Å². The van der Waals surface area contributed by atoms with E-state index >= 15 is 0 Å². The van der Waals surface area contributed by atoms with Crippen molar-refractivity contribution in [2.24, 2.45) is 0 Å². The fourth-order valence-corrected chi connectivity index (χ4v) is 3.74. The van der Waals surface area contributed by atoms with Gasteiger partial charge in [-0.1, -0.05) is 23.7 Å². The Labute approximate surface area is 175 Å². The highest BCUT2D eigenvalue weighted by atomic mass is 35.5. The minimum absolute atomic E-state index is 0.238. The van der Waals surface area contributed by atoms with E-state index in [-0.39, 0.29) is 12.1 Å². The largest absolute Gasteiger partial charge is 0.367 e. The van der Waals surface area contributed by atoms with Crippen LogP contribution in [-0.2, 0) is 5.41 Å². The minimum atomic E-state index is -0.484. The lowest BCUT2D eigenvalue weighted by atomic mass is 9.86. The monoisotopic (exact) mass is 409 g/mol. The molecule has 3 aromatic rings. The van der Waals surface area contributed by atoms with Crippen molar-refractivity contribution in [2.45, 2.75) is 45.2 Å². The van der Waals surface area contributed by atoms with E-state index < -0.39 is 5.41 Å². The van der Waals surface area contributed by atoms with Gasteiger partial charge in [-0.3, -0.25) is 4.57 Å². The van der Waals surface area contributed by atoms with Crippen LogP contribution in [0.3, 0.4) is 0 Å². The lowest BCUT2D eigenvalue weighted by Gasteiger charge is -2.42. The Morgan fingerprint density at radius 3 is 2.52 bits per heavy atom. The topological polar surface area (TPSA) is 82.7 Å². The molecule has 1 aromatic carbocycles. The standard InChI is InChI=1S/C21H24ClN7/c1-13(2)26-20-27-17-18(22)24-12-25-19(17)29(20)16-9-28(10-16)15-7-5-14(6-8-15)21(3,4)11-23/h5-8,12-13,16H,9-10H2,1-4H3,(H,26,27). The maximum atomic E-state index is 9.32. The van der Waals surface area contributed by atoms with Crippen LogP contribution in [0.1, 0.15) is 39.3 Å². The number of fused-ring (bicyclic) bond motifs is 1. The highest BCUT2D eigenvalue weighted by Gasteiger charge is 2.33. The number of nitrogens with one attached hydrogen (secondary N) is 1. The van der Waals surface area contributed by atoms with Gasteiger partial charge in [-0.05, 0) is 45.4 Å². The summed E-state index contributed by atoms with van der Waals surface area (Å²) in [6.07, 6.45) is 1.48. The Kier molecular flexibility index (Phi) is 4.83. The maximum Gasteiger partial charge on any atom is 0.205 e. The van der Waals surface area contributed by atoms with Gasteiger partial charge in [-0.15, -0.1) is 0 Å². The number of halogens is 1. The van der Waals surface area contributed by atoms with E-state index in [4.69, 9.17) is 11.6 Å². The lowest BCUT2D eigenvalue weighted by Crippen LogP contribution is -2.48. The summed E-state index contributed by atoms with van der Waals surface area (Å²) in [6.45, 7) is 9.72. The summed E-state index contributed by atoms with van der Waals surface area (Å²) in [5.41, 5.74) is 3.07. The van der Waals surface area contributed by atoms with E-state index in [2.05, 4.69) is 61.8 Å². The van der Waals surface area contributed by atoms with Crippen LogP contribution in [-0.4, -0.2) is 38.7 Å². The maximum absolute atomic E-state index is 9.32. The fourth-order valence-electron chi connectivity index (χ4n) is 3.57. The van der Waals surface area contributed by atoms with Crippen LogP contribution in [0.2, 0.25) is 5.15 Å². The van der Waals surface area contributed by atoms with Crippen molar-refractivity contribution >= 4 is 34.4 Å². The van der Waals surface area contributed by atoms with E-state index in [1.54, 1.807) is 0 Å². The average molecular weight is 410 g/mol. The molecule has 0 atom stereocenters. The first kappa shape index (κ1) is 19.5. The summed E-state index contributed by atoms with van der Waals surface area (Å²) in [7, 11) is 0. The molecule has 8 heteroatoms. The lowest BCUT2D eigenvalue weighted by molar-refractivity contribution is 0.409. The molecule has 1 aliphatic heterocycles. The Morgan fingerprint density at radius 2 is 1.90 bits per heavy atom. The Morgan fingerprint density at radius 1 is 1.21 bits per heavy atom. The molecule has 1 N–H and O–H groups in total. The number of aromatic nitrogens is 4. The number of benzene rings is 1. The van der Waals surface area contributed by atoms with E-state index in [0.29, 0.717) is 10.7 Å². The summed E-state index contributed by atoms with van der Waals surface area (Å²) in [5, 5.41) is 13.1. The number of rotatable bonds is 5. The first-order chi connectivity index (χ1) is 13.8. The van der Waals surface area contributed by atoms with Crippen LogP contribution >= 0.6 is 11.6 Å². The molecule has 0 aliphatic carbocycles.